The molecule has 26 heavy (non-hydrogen) atoms. The van der Waals surface area contributed by atoms with Crippen LogP contribution >= 0.6 is 0 Å². The number of anilines is 1. The number of rotatable bonds is 4. The molecule has 0 aliphatic heterocycles. The number of furan rings is 1. The highest BCUT2D eigenvalue weighted by Gasteiger charge is 2.16. The standard InChI is InChI=1S/C20H18FN3O2/c1-12(2)24(14-9-7-13(21)8-10-14)11-17-22-18-15-5-3-4-6-16(15)26-19(18)20(25)23-17/h3-10,12H,11H2,1-2H3,(H,22,23,25). The van der Waals surface area contributed by atoms with Gasteiger partial charge in [-0.25, -0.2) is 9.37 Å². The topological polar surface area (TPSA) is 62.1 Å². The third kappa shape index (κ3) is 2.83. The highest BCUT2D eigenvalue weighted by atomic mass is 19.1. The molecule has 4 rings (SSSR count). The van der Waals surface area contributed by atoms with Crippen molar-refractivity contribution in [2.24, 2.45) is 0 Å². The van der Waals surface area contributed by atoms with Crippen molar-refractivity contribution < 1.29 is 8.81 Å². The Balaban J connectivity index is 1.79. The van der Waals surface area contributed by atoms with Crippen molar-refractivity contribution in [3.8, 4) is 0 Å². The fraction of sp³-hybridized carbons (Fsp3) is 0.200. The molecule has 2 aromatic heterocycles. The fourth-order valence-electron chi connectivity index (χ4n) is 3.09. The molecule has 0 atom stereocenters. The number of aromatic amines is 1. The number of nitrogens with zero attached hydrogens (tertiary/aromatic N) is 2. The summed E-state index contributed by atoms with van der Waals surface area (Å²) in [5, 5.41) is 0.813. The van der Waals surface area contributed by atoms with Gasteiger partial charge in [-0.2, -0.15) is 0 Å². The number of hydrogen-bond donors (Lipinski definition) is 1. The van der Waals surface area contributed by atoms with E-state index >= 15 is 0 Å². The molecule has 0 radical (unpaired) electrons. The Kier molecular flexibility index (Phi) is 3.95. The number of benzene rings is 2. The maximum absolute atomic E-state index is 13.2. The largest absolute Gasteiger partial charge is 0.449 e. The van der Waals surface area contributed by atoms with E-state index in [9.17, 15) is 9.18 Å². The minimum Gasteiger partial charge on any atom is -0.449 e. The third-order valence-corrected chi connectivity index (χ3v) is 4.38. The number of hydrogen-bond acceptors (Lipinski definition) is 4. The summed E-state index contributed by atoms with van der Waals surface area (Å²) in [5.41, 5.74) is 1.98. The zero-order chi connectivity index (χ0) is 18.3. The van der Waals surface area contributed by atoms with Gasteiger partial charge in [-0.3, -0.25) is 4.79 Å². The molecule has 4 aromatic rings. The average molecular weight is 351 g/mol. The predicted octanol–water partition coefficient (Wildman–Crippen LogP) is 4.22. The zero-order valence-corrected chi connectivity index (χ0v) is 14.5. The van der Waals surface area contributed by atoms with Crippen LogP contribution in [0.4, 0.5) is 10.1 Å². The predicted molar refractivity (Wildman–Crippen MR) is 99.9 cm³/mol. The lowest BCUT2D eigenvalue weighted by Crippen LogP contribution is -2.31. The summed E-state index contributed by atoms with van der Waals surface area (Å²) in [6.07, 6.45) is 0. The van der Waals surface area contributed by atoms with Gasteiger partial charge in [0.05, 0.1) is 6.54 Å². The van der Waals surface area contributed by atoms with Gasteiger partial charge in [0.2, 0.25) is 5.58 Å². The normalized spacial score (nSPS) is 11.5. The molecule has 0 fully saturated rings. The first-order valence-electron chi connectivity index (χ1n) is 8.45. The summed E-state index contributed by atoms with van der Waals surface area (Å²) in [4.78, 5) is 21.9. The summed E-state index contributed by atoms with van der Waals surface area (Å²) < 4.78 is 18.9. The highest BCUT2D eigenvalue weighted by molar-refractivity contribution is 6.01. The van der Waals surface area contributed by atoms with Gasteiger partial charge in [-0.15, -0.1) is 0 Å². The fourth-order valence-corrected chi connectivity index (χ4v) is 3.09. The van der Waals surface area contributed by atoms with Crippen molar-refractivity contribution in [1.29, 1.82) is 0 Å². The van der Waals surface area contributed by atoms with E-state index in [0.717, 1.165) is 11.1 Å². The van der Waals surface area contributed by atoms with Crippen molar-refractivity contribution in [2.45, 2.75) is 26.4 Å². The molecule has 2 heterocycles. The molecule has 6 heteroatoms. The van der Waals surface area contributed by atoms with E-state index in [1.165, 1.54) is 12.1 Å². The van der Waals surface area contributed by atoms with Gasteiger partial charge in [0.1, 0.15) is 22.7 Å². The molecule has 132 valence electrons. The van der Waals surface area contributed by atoms with Gasteiger partial charge in [-0.1, -0.05) is 12.1 Å². The van der Waals surface area contributed by atoms with E-state index in [-0.39, 0.29) is 23.0 Å². The summed E-state index contributed by atoms with van der Waals surface area (Å²) in [7, 11) is 0. The number of H-pyrrole nitrogens is 1. The molecule has 2 aromatic carbocycles. The first-order valence-corrected chi connectivity index (χ1v) is 8.45. The van der Waals surface area contributed by atoms with E-state index in [1.807, 2.05) is 43.0 Å². The second kappa shape index (κ2) is 6.29. The molecule has 0 spiro atoms. The van der Waals surface area contributed by atoms with E-state index in [2.05, 4.69) is 9.97 Å². The maximum Gasteiger partial charge on any atom is 0.294 e. The first kappa shape index (κ1) is 16.3. The van der Waals surface area contributed by atoms with Gasteiger partial charge in [0, 0.05) is 17.1 Å². The lowest BCUT2D eigenvalue weighted by Gasteiger charge is -2.28. The summed E-state index contributed by atoms with van der Waals surface area (Å²) in [6, 6.07) is 13.9. The molecule has 0 aliphatic carbocycles. The second-order valence-electron chi connectivity index (χ2n) is 6.49. The third-order valence-electron chi connectivity index (χ3n) is 4.38. The molecule has 0 aliphatic rings. The van der Waals surface area contributed by atoms with Crippen LogP contribution in [0, 0.1) is 5.82 Å². The lowest BCUT2D eigenvalue weighted by molar-refractivity contribution is 0.624. The Morgan fingerprint density at radius 1 is 1.15 bits per heavy atom. The number of halogens is 1. The summed E-state index contributed by atoms with van der Waals surface area (Å²) in [5.74, 6) is 0.252. The quantitative estimate of drug-likeness (QED) is 0.598. The summed E-state index contributed by atoms with van der Waals surface area (Å²) >= 11 is 0. The molecule has 0 bridgehead atoms. The van der Waals surface area contributed by atoms with Crippen molar-refractivity contribution in [3.63, 3.8) is 0 Å². The Morgan fingerprint density at radius 2 is 1.88 bits per heavy atom. The maximum atomic E-state index is 13.2. The van der Waals surface area contributed by atoms with Gasteiger partial charge >= 0.3 is 0 Å². The molecule has 0 amide bonds. The van der Waals surface area contributed by atoms with Crippen molar-refractivity contribution in [1.82, 2.24) is 9.97 Å². The molecule has 0 saturated carbocycles. The van der Waals surface area contributed by atoms with Gasteiger partial charge in [-0.05, 0) is 50.2 Å². The minimum absolute atomic E-state index is 0.141. The smallest absolute Gasteiger partial charge is 0.294 e. The first-order chi connectivity index (χ1) is 12.5. The molecule has 0 saturated heterocycles. The zero-order valence-electron chi connectivity index (χ0n) is 14.5. The van der Waals surface area contributed by atoms with Crippen LogP contribution in [0.15, 0.2) is 57.7 Å². The van der Waals surface area contributed by atoms with E-state index in [4.69, 9.17) is 4.42 Å². The molecular weight excluding hydrogens is 333 g/mol. The number of fused-ring (bicyclic) bond motifs is 3. The number of para-hydroxylation sites is 1. The second-order valence-corrected chi connectivity index (χ2v) is 6.49. The van der Waals surface area contributed by atoms with E-state index in [0.29, 0.717) is 23.5 Å². The number of nitrogens with one attached hydrogen (secondary N) is 1. The van der Waals surface area contributed by atoms with Crippen LogP contribution in [-0.4, -0.2) is 16.0 Å². The summed E-state index contributed by atoms with van der Waals surface area (Å²) in [6.45, 7) is 4.47. The van der Waals surface area contributed by atoms with Crippen LogP contribution in [0.2, 0.25) is 0 Å². The Bertz CT molecular complexity index is 1130. The van der Waals surface area contributed by atoms with Crippen molar-refractivity contribution in [3.05, 3.63) is 70.5 Å². The molecule has 0 unspecified atom stereocenters. The van der Waals surface area contributed by atoms with Gasteiger partial charge in [0.25, 0.3) is 5.56 Å². The van der Waals surface area contributed by atoms with Crippen LogP contribution in [0.25, 0.3) is 22.1 Å². The monoisotopic (exact) mass is 351 g/mol. The Hall–Kier alpha value is -3.15. The van der Waals surface area contributed by atoms with Crippen LogP contribution in [0.5, 0.6) is 0 Å². The molecule has 5 nitrogen and oxygen atoms in total. The minimum atomic E-state index is -0.302. The molecule has 1 N–H and O–H groups in total. The Morgan fingerprint density at radius 3 is 2.62 bits per heavy atom. The van der Waals surface area contributed by atoms with Crippen LogP contribution in [0.1, 0.15) is 19.7 Å². The van der Waals surface area contributed by atoms with Gasteiger partial charge in [0.15, 0.2) is 0 Å². The highest BCUT2D eigenvalue weighted by Crippen LogP contribution is 2.25. The molecular formula is C20H18FN3O2. The Labute approximate surface area is 149 Å². The number of aromatic nitrogens is 2. The van der Waals surface area contributed by atoms with E-state index < -0.39 is 0 Å². The van der Waals surface area contributed by atoms with E-state index in [1.54, 1.807) is 12.1 Å². The SMILES string of the molecule is CC(C)N(Cc1nc2c(oc3ccccc32)c(=O)[nH]1)c1ccc(F)cc1. The van der Waals surface area contributed by atoms with Crippen LogP contribution < -0.4 is 10.5 Å². The van der Waals surface area contributed by atoms with Crippen molar-refractivity contribution >= 4 is 27.8 Å². The van der Waals surface area contributed by atoms with Crippen LogP contribution in [0.3, 0.4) is 0 Å². The van der Waals surface area contributed by atoms with Crippen molar-refractivity contribution in [2.75, 3.05) is 4.90 Å². The van der Waals surface area contributed by atoms with Gasteiger partial charge < -0.3 is 14.3 Å². The lowest BCUT2D eigenvalue weighted by atomic mass is 10.2. The van der Waals surface area contributed by atoms with Crippen LogP contribution in [-0.2, 0) is 6.54 Å². The average Bonchev–Trinajstić information content (AvgIpc) is 3.00.